The smallest absolute Gasteiger partial charge is 0.148 e. The molecule has 3 heteroatoms. The third kappa shape index (κ3) is 3.18. The molecular formula is C17H16N2O. The average Bonchev–Trinajstić information content (AvgIpc) is 2.84. The van der Waals surface area contributed by atoms with Crippen molar-refractivity contribution in [1.82, 2.24) is 9.97 Å². The maximum absolute atomic E-state index is 5.34. The topological polar surface area (TPSA) is 37.9 Å². The number of aromatic nitrogens is 2. The van der Waals surface area contributed by atoms with E-state index in [1.807, 2.05) is 43.3 Å². The van der Waals surface area contributed by atoms with Gasteiger partial charge in [0.15, 0.2) is 0 Å². The number of allylic oxidation sites excluding steroid dienone is 2. The van der Waals surface area contributed by atoms with Gasteiger partial charge in [0.1, 0.15) is 18.2 Å². The molecule has 0 saturated heterocycles. The molecule has 0 radical (unpaired) electrons. The van der Waals surface area contributed by atoms with E-state index in [4.69, 9.17) is 11.2 Å². The van der Waals surface area contributed by atoms with E-state index in [1.165, 1.54) is 0 Å². The van der Waals surface area contributed by atoms with Crippen LogP contribution >= 0.6 is 0 Å². The van der Waals surface area contributed by atoms with E-state index in [9.17, 15) is 0 Å². The SMILES string of the molecule is C#CCOc1ccc(-c2nc(/C=C\C=C)c(C)[nH]2)cc1. The van der Waals surface area contributed by atoms with Crippen LogP contribution in [0.3, 0.4) is 0 Å². The Balaban J connectivity index is 2.21. The third-order valence-corrected chi connectivity index (χ3v) is 2.76. The van der Waals surface area contributed by atoms with Crippen LogP contribution < -0.4 is 4.74 Å². The molecule has 100 valence electrons. The highest BCUT2D eigenvalue weighted by atomic mass is 16.5. The van der Waals surface area contributed by atoms with Crippen molar-refractivity contribution >= 4 is 6.08 Å². The number of rotatable bonds is 5. The van der Waals surface area contributed by atoms with E-state index in [1.54, 1.807) is 6.08 Å². The second-order valence-corrected chi connectivity index (χ2v) is 4.21. The minimum absolute atomic E-state index is 0.274. The van der Waals surface area contributed by atoms with E-state index >= 15 is 0 Å². The number of hydrogen-bond acceptors (Lipinski definition) is 2. The first kappa shape index (κ1) is 13.7. The molecule has 20 heavy (non-hydrogen) atoms. The van der Waals surface area contributed by atoms with Gasteiger partial charge in [-0.05, 0) is 37.3 Å². The molecule has 0 spiro atoms. The number of aryl methyl sites for hydroxylation is 1. The van der Waals surface area contributed by atoms with E-state index in [-0.39, 0.29) is 6.61 Å². The molecule has 0 bridgehead atoms. The Morgan fingerprint density at radius 2 is 2.15 bits per heavy atom. The number of nitrogens with zero attached hydrogens (tertiary/aromatic N) is 1. The van der Waals surface area contributed by atoms with Crippen molar-refractivity contribution in [2.75, 3.05) is 6.61 Å². The summed E-state index contributed by atoms with van der Waals surface area (Å²) in [6, 6.07) is 7.66. The molecule has 1 N–H and O–H groups in total. The quantitative estimate of drug-likeness (QED) is 0.662. The van der Waals surface area contributed by atoms with Gasteiger partial charge in [0.25, 0.3) is 0 Å². The Kier molecular flexibility index (Phi) is 4.41. The third-order valence-electron chi connectivity index (χ3n) is 2.76. The molecule has 1 aromatic carbocycles. The van der Waals surface area contributed by atoms with Crippen molar-refractivity contribution < 1.29 is 4.74 Å². The first-order valence-electron chi connectivity index (χ1n) is 6.27. The summed E-state index contributed by atoms with van der Waals surface area (Å²) in [5.74, 6) is 4.02. The van der Waals surface area contributed by atoms with Crippen LogP contribution in [0.25, 0.3) is 17.5 Å². The van der Waals surface area contributed by atoms with Crippen molar-refractivity contribution in [3.63, 3.8) is 0 Å². The number of aromatic amines is 1. The Morgan fingerprint density at radius 3 is 2.80 bits per heavy atom. The van der Waals surface area contributed by atoms with Gasteiger partial charge in [-0.25, -0.2) is 4.98 Å². The average molecular weight is 264 g/mol. The maximum Gasteiger partial charge on any atom is 0.148 e. The number of hydrogen-bond donors (Lipinski definition) is 1. The zero-order valence-corrected chi connectivity index (χ0v) is 11.4. The minimum atomic E-state index is 0.274. The highest BCUT2D eigenvalue weighted by Crippen LogP contribution is 2.21. The van der Waals surface area contributed by atoms with Gasteiger partial charge in [-0.2, -0.15) is 0 Å². The summed E-state index contributed by atoms with van der Waals surface area (Å²) in [7, 11) is 0. The van der Waals surface area contributed by atoms with Crippen LogP contribution in [-0.2, 0) is 0 Å². The van der Waals surface area contributed by atoms with Crippen LogP contribution in [0.5, 0.6) is 5.75 Å². The molecule has 3 nitrogen and oxygen atoms in total. The monoisotopic (exact) mass is 264 g/mol. The van der Waals surface area contributed by atoms with Crippen molar-refractivity contribution in [2.45, 2.75) is 6.92 Å². The van der Waals surface area contributed by atoms with Gasteiger partial charge in [0.05, 0.1) is 5.69 Å². The normalized spacial score (nSPS) is 10.4. The van der Waals surface area contributed by atoms with Gasteiger partial charge >= 0.3 is 0 Å². The van der Waals surface area contributed by atoms with Crippen LogP contribution in [0.15, 0.2) is 43.0 Å². The molecule has 0 unspecified atom stereocenters. The van der Waals surface area contributed by atoms with Crippen LogP contribution in [0.4, 0.5) is 0 Å². The summed E-state index contributed by atoms with van der Waals surface area (Å²) in [6.07, 6.45) is 10.7. The molecule has 0 aliphatic carbocycles. The lowest BCUT2D eigenvalue weighted by molar-refractivity contribution is 0.370. The Bertz CT molecular complexity index is 657. The first-order chi connectivity index (χ1) is 9.74. The molecule has 0 aliphatic heterocycles. The van der Waals surface area contributed by atoms with Crippen molar-refractivity contribution in [2.24, 2.45) is 0 Å². The van der Waals surface area contributed by atoms with Gasteiger partial charge in [-0.15, -0.1) is 6.42 Å². The lowest BCUT2D eigenvalue weighted by atomic mass is 10.2. The molecule has 0 fully saturated rings. The fourth-order valence-electron chi connectivity index (χ4n) is 1.77. The van der Waals surface area contributed by atoms with Gasteiger partial charge in [0, 0.05) is 11.3 Å². The Morgan fingerprint density at radius 1 is 1.40 bits per heavy atom. The molecule has 0 atom stereocenters. The number of benzene rings is 1. The van der Waals surface area contributed by atoms with Crippen LogP contribution in [-0.4, -0.2) is 16.6 Å². The summed E-state index contributed by atoms with van der Waals surface area (Å²) < 4.78 is 5.34. The highest BCUT2D eigenvalue weighted by molar-refractivity contribution is 5.61. The molecule has 1 aromatic heterocycles. The summed E-state index contributed by atoms with van der Waals surface area (Å²) >= 11 is 0. The van der Waals surface area contributed by atoms with E-state index in [0.717, 1.165) is 28.5 Å². The second-order valence-electron chi connectivity index (χ2n) is 4.21. The molecule has 2 rings (SSSR count). The highest BCUT2D eigenvalue weighted by Gasteiger charge is 2.06. The summed E-state index contributed by atoms with van der Waals surface area (Å²) in [5.41, 5.74) is 2.93. The number of imidazole rings is 1. The fourth-order valence-corrected chi connectivity index (χ4v) is 1.77. The number of ether oxygens (including phenoxy) is 1. The van der Waals surface area contributed by atoms with Gasteiger partial charge in [-0.1, -0.05) is 24.7 Å². The predicted octanol–water partition coefficient (Wildman–Crippen LogP) is 3.60. The van der Waals surface area contributed by atoms with E-state index in [2.05, 4.69) is 22.5 Å². The Labute approximate surface area is 119 Å². The fraction of sp³-hybridized carbons (Fsp3) is 0.118. The minimum Gasteiger partial charge on any atom is -0.481 e. The van der Waals surface area contributed by atoms with Crippen LogP contribution in [0, 0.1) is 19.3 Å². The lowest BCUT2D eigenvalue weighted by Crippen LogP contribution is -1.92. The molecule has 0 aliphatic rings. The van der Waals surface area contributed by atoms with Gasteiger partial charge < -0.3 is 9.72 Å². The van der Waals surface area contributed by atoms with Crippen molar-refractivity contribution in [1.29, 1.82) is 0 Å². The number of terminal acetylenes is 1. The maximum atomic E-state index is 5.34. The largest absolute Gasteiger partial charge is 0.481 e. The summed E-state index contributed by atoms with van der Waals surface area (Å²) in [4.78, 5) is 7.81. The van der Waals surface area contributed by atoms with E-state index in [0.29, 0.717) is 0 Å². The molecule has 0 saturated carbocycles. The first-order valence-corrected chi connectivity index (χ1v) is 6.27. The van der Waals surface area contributed by atoms with Crippen LogP contribution in [0.1, 0.15) is 11.4 Å². The summed E-state index contributed by atoms with van der Waals surface area (Å²) in [6.45, 7) is 5.92. The zero-order chi connectivity index (χ0) is 14.4. The second kappa shape index (κ2) is 6.44. The molecular weight excluding hydrogens is 248 g/mol. The summed E-state index contributed by atoms with van der Waals surface area (Å²) in [5, 5.41) is 0. The Hall–Kier alpha value is -2.73. The van der Waals surface area contributed by atoms with Crippen molar-refractivity contribution in [3.8, 4) is 29.5 Å². The molecule has 0 amide bonds. The number of H-pyrrole nitrogens is 1. The van der Waals surface area contributed by atoms with Crippen LogP contribution in [0.2, 0.25) is 0 Å². The predicted molar refractivity (Wildman–Crippen MR) is 82.3 cm³/mol. The van der Waals surface area contributed by atoms with Crippen molar-refractivity contribution in [3.05, 3.63) is 54.4 Å². The molecule has 1 heterocycles. The number of nitrogens with one attached hydrogen (secondary N) is 1. The zero-order valence-electron chi connectivity index (χ0n) is 11.4. The van der Waals surface area contributed by atoms with E-state index < -0.39 is 0 Å². The molecule has 2 aromatic rings. The standard InChI is InChI=1S/C17H16N2O/c1-4-6-7-16-13(3)18-17(19-16)14-8-10-15(11-9-14)20-12-5-2/h2,4,6-11H,1,12H2,3H3,(H,18,19)/b7-6-. The van der Waals surface area contributed by atoms with Gasteiger partial charge in [-0.3, -0.25) is 0 Å². The van der Waals surface area contributed by atoms with Gasteiger partial charge in [0.2, 0.25) is 0 Å². The lowest BCUT2D eigenvalue weighted by Gasteiger charge is -2.02.